The molecule has 6 N–H and O–H groups in total. The third-order valence-corrected chi connectivity index (χ3v) is 8.21. The highest BCUT2D eigenvalue weighted by Gasteiger charge is 2.43. The largest absolute Gasteiger partial charge is 0.388 e. The number of hydrogen-bond acceptors (Lipinski definition) is 9. The van der Waals surface area contributed by atoms with Crippen molar-refractivity contribution in [3.8, 4) is 0 Å². The Bertz CT molecular complexity index is 1620. The first-order valence-electron chi connectivity index (χ1n) is 15.0. The molecule has 6 rings (SSSR count). The lowest BCUT2D eigenvalue weighted by Crippen LogP contribution is -2.42. The Morgan fingerprint density at radius 2 is 1.75 bits per heavy atom. The molecule has 0 spiro atoms. The Balaban J connectivity index is 1.32. The lowest BCUT2D eigenvalue weighted by Gasteiger charge is -2.20. The molecule has 12 heteroatoms. The Morgan fingerprint density at radius 3 is 2.41 bits per heavy atom. The maximum absolute atomic E-state index is 12.1. The number of carbonyl (C=O) groups is 1. The second-order valence-electron chi connectivity index (χ2n) is 11.0. The molecule has 0 bridgehead atoms. The van der Waals surface area contributed by atoms with Crippen LogP contribution in [0.1, 0.15) is 48.5 Å². The molecule has 0 radical (unpaired) electrons. The molecule has 3 heterocycles. The quantitative estimate of drug-likeness (QED) is 0.127. The number of fused-ring (bicyclic) bond motifs is 1. The second kappa shape index (κ2) is 13.2. The number of aliphatic hydroxyl groups excluding tert-OH is 2. The van der Waals surface area contributed by atoms with Gasteiger partial charge in [0, 0.05) is 43.7 Å². The number of aliphatic hydroxyl groups is 2. The number of aromatic amines is 1. The van der Waals surface area contributed by atoms with Gasteiger partial charge >= 0.3 is 0 Å². The van der Waals surface area contributed by atoms with Gasteiger partial charge in [-0.15, -0.1) is 0 Å². The second-order valence-corrected chi connectivity index (χ2v) is 11.0. The zero-order valence-corrected chi connectivity index (χ0v) is 24.5. The molecule has 1 aliphatic rings. The van der Waals surface area contributed by atoms with Gasteiger partial charge in [-0.3, -0.25) is 4.79 Å². The summed E-state index contributed by atoms with van der Waals surface area (Å²) < 4.78 is 1.78. The zero-order valence-electron chi connectivity index (χ0n) is 24.5. The van der Waals surface area contributed by atoms with Gasteiger partial charge in [-0.2, -0.15) is 9.97 Å². The summed E-state index contributed by atoms with van der Waals surface area (Å²) in [6.45, 7) is 2.87. The van der Waals surface area contributed by atoms with E-state index in [0.29, 0.717) is 55.3 Å². The van der Waals surface area contributed by atoms with Crippen molar-refractivity contribution in [2.45, 2.75) is 56.4 Å². The molecule has 1 saturated carbocycles. The molecule has 44 heavy (non-hydrogen) atoms. The predicted octanol–water partition coefficient (Wildman–Crippen LogP) is 3.01. The van der Waals surface area contributed by atoms with E-state index in [1.165, 1.54) is 11.1 Å². The summed E-state index contributed by atoms with van der Waals surface area (Å²) in [6, 6.07) is 19.5. The van der Waals surface area contributed by atoms with Gasteiger partial charge in [-0.25, -0.2) is 9.97 Å². The summed E-state index contributed by atoms with van der Waals surface area (Å²) in [5.41, 5.74) is 4.39. The van der Waals surface area contributed by atoms with E-state index in [9.17, 15) is 15.0 Å². The van der Waals surface area contributed by atoms with Crippen molar-refractivity contribution >= 4 is 28.8 Å². The molecule has 1 aliphatic carbocycles. The minimum atomic E-state index is -1.11. The fraction of sp³-hybridized carbons (Fsp3) is 0.344. The van der Waals surface area contributed by atoms with Crippen molar-refractivity contribution < 1.29 is 15.0 Å². The van der Waals surface area contributed by atoms with E-state index in [4.69, 9.17) is 9.97 Å². The number of benzene rings is 2. The van der Waals surface area contributed by atoms with Crippen LogP contribution in [0.4, 0.5) is 11.8 Å². The Hall–Kier alpha value is -4.81. The number of hydrogen-bond donors (Lipinski definition) is 6. The van der Waals surface area contributed by atoms with Crippen LogP contribution < -0.4 is 16.0 Å². The van der Waals surface area contributed by atoms with Crippen LogP contribution in [-0.4, -0.2) is 76.9 Å². The summed E-state index contributed by atoms with van der Waals surface area (Å²) in [5.74, 6) is 0.831. The summed E-state index contributed by atoms with van der Waals surface area (Å²) in [5, 5.41) is 31.5. The maximum Gasteiger partial charge on any atom is 0.226 e. The number of H-pyrrole nitrogens is 1. The SMILES string of the molecule is CCC(=O)N[C@H]1CC(n2cnc3c(NCC(c4ccccc4)c4ccccc4)nc(NCCc4cnc[nH]4)nc32)[C@H](O)[C@@H]1O. The van der Waals surface area contributed by atoms with Crippen LogP contribution in [0.15, 0.2) is 79.5 Å². The average molecular weight is 596 g/mol. The summed E-state index contributed by atoms with van der Waals surface area (Å²) in [6.07, 6.45) is 4.14. The summed E-state index contributed by atoms with van der Waals surface area (Å²) in [7, 11) is 0. The molecule has 0 aliphatic heterocycles. The minimum Gasteiger partial charge on any atom is -0.388 e. The number of rotatable bonds is 12. The monoisotopic (exact) mass is 595 g/mol. The van der Waals surface area contributed by atoms with Gasteiger partial charge in [-0.05, 0) is 17.5 Å². The van der Waals surface area contributed by atoms with Crippen molar-refractivity contribution in [2.75, 3.05) is 23.7 Å². The normalized spacial score (nSPS) is 19.8. The van der Waals surface area contributed by atoms with Crippen LogP contribution in [0.5, 0.6) is 0 Å². The molecule has 3 aromatic heterocycles. The van der Waals surface area contributed by atoms with Crippen LogP contribution >= 0.6 is 0 Å². The molecular formula is C32H37N9O3. The molecule has 0 saturated heterocycles. The minimum absolute atomic E-state index is 0.0519. The van der Waals surface area contributed by atoms with E-state index in [1.807, 2.05) is 36.4 Å². The first kappa shape index (κ1) is 29.3. The highest BCUT2D eigenvalue weighted by atomic mass is 16.3. The van der Waals surface area contributed by atoms with Gasteiger partial charge in [0.05, 0.1) is 24.7 Å². The molecule has 4 atom stereocenters. The number of nitrogens with one attached hydrogen (secondary N) is 4. The number of nitrogens with zero attached hydrogens (tertiary/aromatic N) is 5. The molecule has 2 aromatic carbocycles. The standard InChI is InChI=1S/C32H37N9O3/c1-2-26(42)38-24-15-25(29(44)28(24)43)41-19-37-27-30(39-32(40-31(27)41)34-14-13-22-16-33-18-36-22)35-17-23(20-9-5-3-6-10-20)21-11-7-4-8-12-21/h3-12,16,18-19,23-25,28-29,43-44H,2,13-15,17H2,1H3,(H,33,36)(H,38,42)(H2,34,35,39,40)/t24-,25?,28+,29-/m0/s1. The molecule has 1 amide bonds. The van der Waals surface area contributed by atoms with E-state index < -0.39 is 24.3 Å². The van der Waals surface area contributed by atoms with Gasteiger partial charge in [-0.1, -0.05) is 67.6 Å². The Kier molecular flexibility index (Phi) is 8.80. The number of anilines is 2. The van der Waals surface area contributed by atoms with Crippen LogP contribution in [-0.2, 0) is 11.2 Å². The molecule has 228 valence electrons. The topological polar surface area (TPSA) is 166 Å². The third-order valence-electron chi connectivity index (χ3n) is 8.21. The number of aromatic nitrogens is 6. The van der Waals surface area contributed by atoms with Gasteiger partial charge in [0.2, 0.25) is 11.9 Å². The lowest BCUT2D eigenvalue weighted by atomic mass is 9.91. The fourth-order valence-corrected chi connectivity index (χ4v) is 5.83. The van der Waals surface area contributed by atoms with E-state index in [2.05, 4.69) is 55.2 Å². The van der Waals surface area contributed by atoms with E-state index in [-0.39, 0.29) is 11.8 Å². The molecule has 5 aromatic rings. The van der Waals surface area contributed by atoms with Gasteiger partial charge in [0.25, 0.3) is 0 Å². The molecular weight excluding hydrogens is 558 g/mol. The first-order valence-corrected chi connectivity index (χ1v) is 15.0. The smallest absolute Gasteiger partial charge is 0.226 e. The Labute approximate surface area is 255 Å². The highest BCUT2D eigenvalue weighted by molar-refractivity contribution is 5.84. The van der Waals surface area contributed by atoms with Gasteiger partial charge in [0.15, 0.2) is 17.0 Å². The third kappa shape index (κ3) is 6.26. The number of carbonyl (C=O) groups excluding carboxylic acids is 1. The number of amides is 1. The predicted molar refractivity (Wildman–Crippen MR) is 167 cm³/mol. The molecule has 12 nitrogen and oxygen atoms in total. The van der Waals surface area contributed by atoms with Crippen molar-refractivity contribution in [1.29, 1.82) is 0 Å². The maximum atomic E-state index is 12.1. The van der Waals surface area contributed by atoms with E-state index >= 15 is 0 Å². The summed E-state index contributed by atoms with van der Waals surface area (Å²) in [4.78, 5) is 33.5. The zero-order chi connectivity index (χ0) is 30.5. The van der Waals surface area contributed by atoms with E-state index in [1.54, 1.807) is 30.3 Å². The lowest BCUT2D eigenvalue weighted by molar-refractivity contribution is -0.122. The summed E-state index contributed by atoms with van der Waals surface area (Å²) >= 11 is 0. The Morgan fingerprint density at radius 1 is 1.02 bits per heavy atom. The van der Waals surface area contributed by atoms with Gasteiger partial charge < -0.3 is 35.7 Å². The number of imidazole rings is 2. The van der Waals surface area contributed by atoms with Crippen LogP contribution in [0.2, 0.25) is 0 Å². The van der Waals surface area contributed by atoms with Gasteiger partial charge in [0.1, 0.15) is 12.2 Å². The van der Waals surface area contributed by atoms with Crippen molar-refractivity contribution in [2.24, 2.45) is 0 Å². The fourth-order valence-electron chi connectivity index (χ4n) is 5.83. The van der Waals surface area contributed by atoms with Crippen molar-refractivity contribution in [1.82, 2.24) is 34.8 Å². The molecule has 1 unspecified atom stereocenters. The van der Waals surface area contributed by atoms with Crippen LogP contribution in [0.3, 0.4) is 0 Å². The van der Waals surface area contributed by atoms with Crippen molar-refractivity contribution in [3.63, 3.8) is 0 Å². The average Bonchev–Trinajstić information content (AvgIpc) is 3.79. The first-order chi connectivity index (χ1) is 21.5. The van der Waals surface area contributed by atoms with Crippen LogP contribution in [0, 0.1) is 0 Å². The van der Waals surface area contributed by atoms with Crippen LogP contribution in [0.25, 0.3) is 11.2 Å². The highest BCUT2D eigenvalue weighted by Crippen LogP contribution is 2.35. The van der Waals surface area contributed by atoms with Crippen molar-refractivity contribution in [3.05, 3.63) is 96.3 Å². The van der Waals surface area contributed by atoms with E-state index in [0.717, 1.165) is 5.69 Å². The molecule has 1 fully saturated rings.